The number of alkyl halides is 1. The van der Waals surface area contributed by atoms with Crippen molar-refractivity contribution in [3.05, 3.63) is 0 Å². The molecule has 3 unspecified atom stereocenters. The minimum Gasteiger partial charge on any atom is -0.789 e. The van der Waals surface area contributed by atoms with E-state index in [9.17, 15) is 8.42 Å². The van der Waals surface area contributed by atoms with Crippen LogP contribution >= 0.6 is 11.6 Å². The Morgan fingerprint density at radius 1 is 0.808 bits per heavy atom. The Morgan fingerprint density at radius 2 is 1.42 bits per heavy atom. The summed E-state index contributed by atoms with van der Waals surface area (Å²) >= 11 is 10.9. The normalized spacial score (nSPS) is 15.5. The fourth-order valence-corrected chi connectivity index (χ4v) is 5.58. The number of halogens is 1. The molecule has 3 atom stereocenters. The SMILES string of the molecule is CC(C)CCCC(C)CCC(CCCCC(C)[S-])S(=O)(=O)CCCCl.[Cs+]. The fraction of sp³-hybridized carbons (Fsp3) is 1.00. The predicted molar refractivity (Wildman–Crippen MR) is 115 cm³/mol. The third kappa shape index (κ3) is 17.5. The van der Waals surface area contributed by atoms with E-state index in [1.54, 1.807) is 0 Å². The average molecular weight is 545 g/mol. The quantitative estimate of drug-likeness (QED) is 0.170. The standard InChI is InChI=1S/C20H41ClO2S2.Cs/c1-17(2)9-7-10-18(3)13-14-20(12-6-5-11-19(4)24)25(22,23)16-8-15-21;/h17-20,24H,5-16H2,1-4H3;/q;+1/p-1. The molecule has 26 heavy (non-hydrogen) atoms. The molecule has 0 N–H and O–H groups in total. The number of sulfone groups is 1. The van der Waals surface area contributed by atoms with E-state index < -0.39 is 9.84 Å². The summed E-state index contributed by atoms with van der Waals surface area (Å²) in [6.07, 6.45) is 9.90. The molecule has 0 aliphatic heterocycles. The minimum atomic E-state index is -3.03. The third-order valence-electron chi connectivity index (χ3n) is 4.92. The molecule has 0 spiro atoms. The molecule has 0 fully saturated rings. The molecule has 0 aliphatic carbocycles. The molecule has 0 rings (SSSR count). The van der Waals surface area contributed by atoms with Crippen LogP contribution < -0.4 is 68.9 Å². The van der Waals surface area contributed by atoms with Gasteiger partial charge < -0.3 is 12.6 Å². The van der Waals surface area contributed by atoms with Crippen LogP contribution in [0.4, 0.5) is 0 Å². The second-order valence-corrected chi connectivity index (χ2v) is 11.7. The molecule has 0 aromatic heterocycles. The van der Waals surface area contributed by atoms with Gasteiger partial charge in [-0.15, -0.1) is 11.6 Å². The van der Waals surface area contributed by atoms with E-state index in [1.165, 1.54) is 19.3 Å². The Labute approximate surface area is 233 Å². The maximum atomic E-state index is 12.7. The minimum absolute atomic E-state index is 0. The van der Waals surface area contributed by atoms with Gasteiger partial charge in [-0.05, 0) is 37.5 Å². The number of hydrogen-bond acceptors (Lipinski definition) is 3. The van der Waals surface area contributed by atoms with Gasteiger partial charge in [0, 0.05) is 5.88 Å². The molecule has 0 saturated heterocycles. The van der Waals surface area contributed by atoms with Crippen molar-refractivity contribution in [2.45, 2.75) is 102 Å². The van der Waals surface area contributed by atoms with Crippen molar-refractivity contribution in [3.63, 3.8) is 0 Å². The fourth-order valence-electron chi connectivity index (χ4n) is 3.22. The first kappa shape index (κ1) is 30.8. The van der Waals surface area contributed by atoms with Gasteiger partial charge in [-0.3, -0.25) is 0 Å². The van der Waals surface area contributed by atoms with E-state index in [0.29, 0.717) is 18.2 Å². The van der Waals surface area contributed by atoms with E-state index in [0.717, 1.165) is 44.4 Å². The monoisotopic (exact) mass is 544 g/mol. The van der Waals surface area contributed by atoms with Crippen LogP contribution in [0.2, 0.25) is 0 Å². The van der Waals surface area contributed by atoms with Crippen LogP contribution in [0.3, 0.4) is 0 Å². The molecule has 0 aromatic rings. The maximum absolute atomic E-state index is 12.7. The summed E-state index contributed by atoms with van der Waals surface area (Å²) in [4.78, 5) is 0. The average Bonchev–Trinajstić information content (AvgIpc) is 2.51. The van der Waals surface area contributed by atoms with Gasteiger partial charge in [-0.25, -0.2) is 8.42 Å². The number of rotatable bonds is 16. The van der Waals surface area contributed by atoms with Gasteiger partial charge in [0.1, 0.15) is 0 Å². The van der Waals surface area contributed by atoms with E-state index >= 15 is 0 Å². The van der Waals surface area contributed by atoms with E-state index in [1.807, 2.05) is 6.92 Å². The van der Waals surface area contributed by atoms with Crippen LogP contribution in [0.15, 0.2) is 0 Å². The summed E-state index contributed by atoms with van der Waals surface area (Å²) in [5.74, 6) is 2.02. The van der Waals surface area contributed by atoms with Gasteiger partial charge in [0.05, 0.1) is 11.0 Å². The van der Waals surface area contributed by atoms with Gasteiger partial charge >= 0.3 is 68.9 Å². The second kappa shape index (κ2) is 18.4. The molecule has 152 valence electrons. The van der Waals surface area contributed by atoms with Crippen LogP contribution in [0.5, 0.6) is 0 Å². The predicted octanol–water partition coefficient (Wildman–Crippen LogP) is 3.14. The van der Waals surface area contributed by atoms with Crippen LogP contribution in [-0.4, -0.2) is 30.6 Å². The molecular formula is C20H40ClCsO2S2. The topological polar surface area (TPSA) is 34.1 Å². The largest absolute Gasteiger partial charge is 1.00 e. The summed E-state index contributed by atoms with van der Waals surface area (Å²) in [6.45, 7) is 8.83. The van der Waals surface area contributed by atoms with Crippen molar-refractivity contribution in [1.82, 2.24) is 0 Å². The zero-order valence-corrected chi connectivity index (χ0v) is 26.5. The molecule has 2 nitrogen and oxygen atoms in total. The van der Waals surface area contributed by atoms with Gasteiger partial charge in [0.15, 0.2) is 9.84 Å². The van der Waals surface area contributed by atoms with Crippen molar-refractivity contribution in [3.8, 4) is 0 Å². The molecular weight excluding hydrogens is 505 g/mol. The molecule has 0 heterocycles. The van der Waals surface area contributed by atoms with Gasteiger partial charge in [-0.2, -0.15) is 5.25 Å². The van der Waals surface area contributed by atoms with E-state index in [-0.39, 0.29) is 85.1 Å². The zero-order chi connectivity index (χ0) is 19.3. The van der Waals surface area contributed by atoms with Crippen LogP contribution in [0.25, 0.3) is 0 Å². The molecule has 0 bridgehead atoms. The summed E-state index contributed by atoms with van der Waals surface area (Å²) in [5.41, 5.74) is 0. The molecule has 0 amide bonds. The smallest absolute Gasteiger partial charge is 0.789 e. The van der Waals surface area contributed by atoms with Crippen molar-refractivity contribution in [1.29, 1.82) is 0 Å². The second-order valence-electron chi connectivity index (χ2n) is 8.13. The summed E-state index contributed by atoms with van der Waals surface area (Å²) in [6, 6.07) is 0. The van der Waals surface area contributed by atoms with Crippen LogP contribution in [-0.2, 0) is 22.5 Å². The van der Waals surface area contributed by atoms with E-state index in [4.69, 9.17) is 24.2 Å². The van der Waals surface area contributed by atoms with Crippen molar-refractivity contribution >= 4 is 34.1 Å². The first-order valence-electron chi connectivity index (χ1n) is 10.1. The van der Waals surface area contributed by atoms with E-state index in [2.05, 4.69) is 20.8 Å². The van der Waals surface area contributed by atoms with Crippen molar-refractivity contribution < 1.29 is 77.3 Å². The van der Waals surface area contributed by atoms with Crippen molar-refractivity contribution in [2.75, 3.05) is 11.6 Å². The van der Waals surface area contributed by atoms with Crippen LogP contribution in [0, 0.1) is 11.8 Å². The molecule has 0 saturated carbocycles. The number of unbranched alkanes of at least 4 members (excludes halogenated alkanes) is 1. The van der Waals surface area contributed by atoms with Crippen LogP contribution in [0.1, 0.15) is 91.9 Å². The van der Waals surface area contributed by atoms with Gasteiger partial charge in [-0.1, -0.05) is 66.2 Å². The van der Waals surface area contributed by atoms with Crippen molar-refractivity contribution in [2.24, 2.45) is 11.8 Å². The Balaban J connectivity index is 0. The number of hydrogen-bond donors (Lipinski definition) is 0. The Morgan fingerprint density at radius 3 is 1.96 bits per heavy atom. The van der Waals surface area contributed by atoms with Gasteiger partial charge in [0.25, 0.3) is 0 Å². The Bertz CT molecular complexity index is 414. The first-order chi connectivity index (χ1) is 11.7. The summed E-state index contributed by atoms with van der Waals surface area (Å²) in [5, 5.41) is 0.0935. The third-order valence-corrected chi connectivity index (χ3v) is 7.76. The molecule has 0 radical (unpaired) electrons. The summed E-state index contributed by atoms with van der Waals surface area (Å²) in [7, 11) is -3.03. The zero-order valence-electron chi connectivity index (χ0n) is 17.8. The maximum Gasteiger partial charge on any atom is 1.00 e. The first-order valence-corrected chi connectivity index (χ1v) is 12.8. The molecule has 6 heteroatoms. The van der Waals surface area contributed by atoms with Gasteiger partial charge in [0.2, 0.25) is 0 Å². The molecule has 0 aliphatic rings. The molecule has 0 aromatic carbocycles. The Kier molecular flexibility index (Phi) is 21.8. The Hall–Kier alpha value is 2.64. The summed E-state index contributed by atoms with van der Waals surface area (Å²) < 4.78 is 25.3.